The van der Waals surface area contributed by atoms with Crippen molar-refractivity contribution >= 4 is 22.8 Å². The third kappa shape index (κ3) is 3.18. The number of benzene rings is 1. The fourth-order valence-electron chi connectivity index (χ4n) is 3.38. The van der Waals surface area contributed by atoms with Gasteiger partial charge in [0.05, 0.1) is 36.2 Å². The van der Waals surface area contributed by atoms with Crippen molar-refractivity contribution < 1.29 is 9.47 Å². The molecule has 130 valence electrons. The van der Waals surface area contributed by atoms with Gasteiger partial charge in [-0.3, -0.25) is 4.98 Å². The number of H-pyrrole nitrogens is 1. The molecule has 1 N–H and O–H groups in total. The zero-order valence-corrected chi connectivity index (χ0v) is 15.2. The van der Waals surface area contributed by atoms with Crippen LogP contribution >= 0.6 is 11.8 Å². The van der Waals surface area contributed by atoms with Gasteiger partial charge in [-0.15, -0.1) is 0 Å². The van der Waals surface area contributed by atoms with E-state index >= 15 is 0 Å². The molecule has 6 heteroatoms. The molecule has 3 aromatic rings. The standard InChI is InChI=1S/C19H21N3O2S/c1-23-12-7-8-14-15(11-12)22-19(21-14)25-17-6-4-3-5-13-16(24-2)9-10-20-18(13)17/h7-11,17H,3-6H2,1-2H3,(H,21,22). The molecule has 0 fully saturated rings. The highest BCUT2D eigenvalue weighted by molar-refractivity contribution is 7.99. The van der Waals surface area contributed by atoms with Gasteiger partial charge in [-0.25, -0.2) is 4.98 Å². The molecule has 1 unspecified atom stereocenters. The summed E-state index contributed by atoms with van der Waals surface area (Å²) in [6, 6.07) is 7.86. The molecule has 0 aliphatic heterocycles. The van der Waals surface area contributed by atoms with E-state index in [1.807, 2.05) is 30.5 Å². The Hall–Kier alpha value is -2.21. The number of ether oxygens (including phenoxy) is 2. The lowest BCUT2D eigenvalue weighted by atomic mass is 10.1. The van der Waals surface area contributed by atoms with E-state index in [0.29, 0.717) is 0 Å². The lowest BCUT2D eigenvalue weighted by Gasteiger charge is -2.16. The Balaban J connectivity index is 1.67. The molecule has 2 heterocycles. The lowest BCUT2D eigenvalue weighted by Crippen LogP contribution is -2.02. The zero-order valence-electron chi connectivity index (χ0n) is 14.4. The minimum Gasteiger partial charge on any atom is -0.497 e. The molecule has 0 saturated carbocycles. The number of aromatic amines is 1. The number of nitrogens with one attached hydrogen (secondary N) is 1. The van der Waals surface area contributed by atoms with Crippen molar-refractivity contribution in [3.8, 4) is 11.5 Å². The molecule has 4 rings (SSSR count). The summed E-state index contributed by atoms with van der Waals surface area (Å²) in [6.45, 7) is 0. The van der Waals surface area contributed by atoms with Gasteiger partial charge in [0.15, 0.2) is 5.16 Å². The van der Waals surface area contributed by atoms with Crippen molar-refractivity contribution in [3.05, 3.63) is 41.7 Å². The normalized spacial score (nSPS) is 17.1. The van der Waals surface area contributed by atoms with Crippen LogP contribution in [0.25, 0.3) is 11.0 Å². The van der Waals surface area contributed by atoms with Crippen molar-refractivity contribution in [2.45, 2.75) is 36.1 Å². The number of nitrogens with zero attached hydrogens (tertiary/aromatic N) is 2. The molecule has 1 aromatic carbocycles. The molecule has 0 amide bonds. The van der Waals surface area contributed by atoms with Crippen LogP contribution in [0.5, 0.6) is 11.5 Å². The molecule has 0 spiro atoms. The quantitative estimate of drug-likeness (QED) is 0.697. The van der Waals surface area contributed by atoms with Gasteiger partial charge in [-0.05, 0) is 37.5 Å². The maximum Gasteiger partial charge on any atom is 0.167 e. The van der Waals surface area contributed by atoms with Crippen molar-refractivity contribution in [3.63, 3.8) is 0 Å². The van der Waals surface area contributed by atoms with Gasteiger partial charge in [0.2, 0.25) is 0 Å². The molecular formula is C19H21N3O2S. The van der Waals surface area contributed by atoms with Gasteiger partial charge in [0.1, 0.15) is 11.5 Å². The van der Waals surface area contributed by atoms with E-state index in [0.717, 1.165) is 46.2 Å². The van der Waals surface area contributed by atoms with Crippen LogP contribution in [0.3, 0.4) is 0 Å². The van der Waals surface area contributed by atoms with Crippen molar-refractivity contribution in [1.82, 2.24) is 15.0 Å². The van der Waals surface area contributed by atoms with Gasteiger partial charge < -0.3 is 14.5 Å². The monoisotopic (exact) mass is 355 g/mol. The molecule has 2 aromatic heterocycles. The summed E-state index contributed by atoms with van der Waals surface area (Å²) in [5.74, 6) is 1.78. The maximum atomic E-state index is 5.55. The van der Waals surface area contributed by atoms with E-state index in [2.05, 4.69) is 9.97 Å². The largest absolute Gasteiger partial charge is 0.497 e. The average Bonchev–Trinajstić information content (AvgIpc) is 2.93. The van der Waals surface area contributed by atoms with E-state index in [9.17, 15) is 0 Å². The summed E-state index contributed by atoms with van der Waals surface area (Å²) in [5.41, 5.74) is 4.34. The van der Waals surface area contributed by atoms with E-state index in [-0.39, 0.29) is 5.25 Å². The van der Waals surface area contributed by atoms with E-state index in [1.165, 1.54) is 18.4 Å². The Bertz CT molecular complexity index is 894. The molecule has 25 heavy (non-hydrogen) atoms. The number of aromatic nitrogens is 3. The van der Waals surface area contributed by atoms with Gasteiger partial charge in [0, 0.05) is 17.8 Å². The molecule has 1 aliphatic rings. The van der Waals surface area contributed by atoms with Crippen LogP contribution in [-0.4, -0.2) is 29.2 Å². The first-order chi connectivity index (χ1) is 12.3. The molecule has 0 bridgehead atoms. The van der Waals surface area contributed by atoms with Crippen molar-refractivity contribution in [1.29, 1.82) is 0 Å². The molecule has 1 atom stereocenters. The smallest absolute Gasteiger partial charge is 0.167 e. The predicted octanol–water partition coefficient (Wildman–Crippen LogP) is 4.53. The van der Waals surface area contributed by atoms with E-state index < -0.39 is 0 Å². The second-order valence-corrected chi connectivity index (χ2v) is 7.35. The van der Waals surface area contributed by atoms with Crippen LogP contribution in [0.2, 0.25) is 0 Å². The second kappa shape index (κ2) is 6.96. The first-order valence-corrected chi connectivity index (χ1v) is 9.38. The Labute approximate surface area is 151 Å². The maximum absolute atomic E-state index is 5.55. The number of rotatable bonds is 4. The minimum absolute atomic E-state index is 0.287. The SMILES string of the molecule is COc1ccc2nc(SC3CCCCc4c(OC)ccnc43)[nH]c2c1. The summed E-state index contributed by atoms with van der Waals surface area (Å²) in [7, 11) is 3.41. The molecule has 1 aliphatic carbocycles. The summed E-state index contributed by atoms with van der Waals surface area (Å²) >= 11 is 1.75. The van der Waals surface area contributed by atoms with Crippen LogP contribution < -0.4 is 9.47 Å². The molecule has 0 saturated heterocycles. The van der Waals surface area contributed by atoms with Crippen LogP contribution in [-0.2, 0) is 6.42 Å². The number of fused-ring (bicyclic) bond motifs is 2. The first kappa shape index (κ1) is 16.3. The Morgan fingerprint density at radius 3 is 2.92 bits per heavy atom. The van der Waals surface area contributed by atoms with E-state index in [4.69, 9.17) is 14.5 Å². The van der Waals surface area contributed by atoms with Gasteiger partial charge in [-0.2, -0.15) is 0 Å². The van der Waals surface area contributed by atoms with Crippen LogP contribution in [0, 0.1) is 0 Å². The van der Waals surface area contributed by atoms with Gasteiger partial charge in [-0.1, -0.05) is 18.2 Å². The number of pyridine rings is 1. The topological polar surface area (TPSA) is 60.0 Å². The van der Waals surface area contributed by atoms with Gasteiger partial charge in [0.25, 0.3) is 0 Å². The van der Waals surface area contributed by atoms with Crippen LogP contribution in [0.1, 0.15) is 35.8 Å². The zero-order chi connectivity index (χ0) is 17.2. The molecule has 0 radical (unpaired) electrons. The Morgan fingerprint density at radius 2 is 2.08 bits per heavy atom. The highest BCUT2D eigenvalue weighted by atomic mass is 32.2. The summed E-state index contributed by atoms with van der Waals surface area (Å²) in [5, 5.41) is 1.21. The van der Waals surface area contributed by atoms with Crippen LogP contribution in [0.4, 0.5) is 0 Å². The average molecular weight is 355 g/mol. The summed E-state index contributed by atoms with van der Waals surface area (Å²) in [6.07, 6.45) is 6.33. The number of imidazole rings is 1. The molecule has 5 nitrogen and oxygen atoms in total. The summed E-state index contributed by atoms with van der Waals surface area (Å²) < 4.78 is 10.8. The van der Waals surface area contributed by atoms with Gasteiger partial charge >= 0.3 is 0 Å². The first-order valence-electron chi connectivity index (χ1n) is 8.50. The Morgan fingerprint density at radius 1 is 1.16 bits per heavy atom. The van der Waals surface area contributed by atoms with E-state index in [1.54, 1.807) is 26.0 Å². The van der Waals surface area contributed by atoms with Crippen LogP contribution in [0.15, 0.2) is 35.6 Å². The fraction of sp³-hybridized carbons (Fsp3) is 0.368. The third-order valence-electron chi connectivity index (χ3n) is 4.64. The highest BCUT2D eigenvalue weighted by Gasteiger charge is 2.24. The summed E-state index contributed by atoms with van der Waals surface area (Å²) in [4.78, 5) is 12.8. The number of thioether (sulfide) groups is 1. The minimum atomic E-state index is 0.287. The van der Waals surface area contributed by atoms with Crippen molar-refractivity contribution in [2.75, 3.05) is 14.2 Å². The predicted molar refractivity (Wildman–Crippen MR) is 99.6 cm³/mol. The Kier molecular flexibility index (Phi) is 4.53. The fourth-order valence-corrected chi connectivity index (χ4v) is 4.56. The van der Waals surface area contributed by atoms with Crippen molar-refractivity contribution in [2.24, 2.45) is 0 Å². The molecular weight excluding hydrogens is 334 g/mol. The second-order valence-electron chi connectivity index (χ2n) is 6.15. The third-order valence-corrected chi connectivity index (χ3v) is 5.80. The number of methoxy groups -OCH3 is 2. The highest BCUT2D eigenvalue weighted by Crippen LogP contribution is 2.43. The number of hydrogen-bond donors (Lipinski definition) is 1. The number of hydrogen-bond acceptors (Lipinski definition) is 5. The lowest BCUT2D eigenvalue weighted by molar-refractivity contribution is 0.408.